The van der Waals surface area contributed by atoms with Crippen molar-refractivity contribution in [2.24, 2.45) is 0 Å². The number of ether oxygens (including phenoxy) is 2. The highest BCUT2D eigenvalue weighted by molar-refractivity contribution is 5.94. The van der Waals surface area contributed by atoms with Crippen molar-refractivity contribution >= 4 is 5.91 Å². The largest absolute Gasteiger partial charge is 0.491 e. The summed E-state index contributed by atoms with van der Waals surface area (Å²) >= 11 is 0. The molecule has 1 aliphatic heterocycles. The van der Waals surface area contributed by atoms with E-state index in [9.17, 15) is 4.79 Å². The molecule has 0 bridgehead atoms. The Morgan fingerprint density at radius 2 is 2.00 bits per heavy atom. The topological polar surface area (TPSA) is 86.2 Å². The van der Waals surface area contributed by atoms with Crippen LogP contribution in [0.2, 0.25) is 0 Å². The van der Waals surface area contributed by atoms with Crippen LogP contribution in [-0.2, 0) is 6.42 Å². The summed E-state index contributed by atoms with van der Waals surface area (Å²) in [6, 6.07) is 7.15. The van der Waals surface area contributed by atoms with Crippen molar-refractivity contribution in [2.75, 3.05) is 6.61 Å². The Morgan fingerprint density at radius 1 is 1.20 bits per heavy atom. The summed E-state index contributed by atoms with van der Waals surface area (Å²) in [6.07, 6.45) is 7.41. The Morgan fingerprint density at radius 3 is 2.70 bits per heavy atom. The second kappa shape index (κ2) is 8.49. The number of nitrogens with zero attached hydrogens (tertiary/aromatic N) is 3. The molecule has 0 spiro atoms. The smallest absolute Gasteiger partial charge is 0.253 e. The first-order valence-corrected chi connectivity index (χ1v) is 9.96. The maximum atomic E-state index is 12.6. The summed E-state index contributed by atoms with van der Waals surface area (Å²) in [4.78, 5) is 25.3. The number of nitrogens with one attached hydrogen (secondary N) is 1. The van der Waals surface area contributed by atoms with Crippen LogP contribution in [0, 0.1) is 6.92 Å². The van der Waals surface area contributed by atoms with Gasteiger partial charge in [0.2, 0.25) is 0 Å². The third kappa shape index (κ3) is 4.25. The van der Waals surface area contributed by atoms with Gasteiger partial charge in [-0.3, -0.25) is 9.78 Å². The molecule has 1 atom stereocenters. The summed E-state index contributed by atoms with van der Waals surface area (Å²) < 4.78 is 12.1. The van der Waals surface area contributed by atoms with Crippen LogP contribution in [0.15, 0.2) is 49.1 Å². The number of aryl methyl sites for hydroxylation is 1. The average molecular weight is 404 g/mol. The van der Waals surface area contributed by atoms with Gasteiger partial charge in [-0.25, -0.2) is 9.97 Å². The van der Waals surface area contributed by atoms with E-state index < -0.39 is 0 Å². The number of rotatable bonds is 5. The molecule has 1 amide bonds. The molecular formula is C23H24N4O3. The first-order valence-electron chi connectivity index (χ1n) is 9.96. The van der Waals surface area contributed by atoms with Crippen LogP contribution in [0.5, 0.6) is 11.5 Å². The number of benzene rings is 1. The standard InChI is InChI=1S/C23H24N4O3/c1-14(2)30-21-7-6-20-19(22(21)17-11-25-15(3)26-12-17)9-18(13-29-20)27-23(28)16-5-4-8-24-10-16/h4-8,10-12,14,18H,9,13H2,1-3H3,(H,27,28)/t18-/m0/s1. The Labute approximate surface area is 175 Å². The Kier molecular flexibility index (Phi) is 5.61. The molecule has 1 aliphatic rings. The number of aromatic nitrogens is 3. The summed E-state index contributed by atoms with van der Waals surface area (Å²) in [7, 11) is 0. The molecule has 0 saturated carbocycles. The van der Waals surface area contributed by atoms with Crippen LogP contribution in [0.1, 0.15) is 35.6 Å². The van der Waals surface area contributed by atoms with Gasteiger partial charge in [0.25, 0.3) is 5.91 Å². The summed E-state index contributed by atoms with van der Waals surface area (Å²) in [5.74, 6) is 2.07. The highest BCUT2D eigenvalue weighted by Gasteiger charge is 2.27. The number of hydrogen-bond donors (Lipinski definition) is 1. The fraction of sp³-hybridized carbons (Fsp3) is 0.304. The molecule has 4 rings (SSSR count). The lowest BCUT2D eigenvalue weighted by molar-refractivity contribution is 0.0915. The molecule has 1 N–H and O–H groups in total. The van der Waals surface area contributed by atoms with E-state index in [2.05, 4.69) is 20.3 Å². The van der Waals surface area contributed by atoms with Gasteiger partial charge in [-0.05, 0) is 45.0 Å². The molecule has 2 aromatic heterocycles. The Bertz CT molecular complexity index is 1040. The summed E-state index contributed by atoms with van der Waals surface area (Å²) in [6.45, 7) is 6.22. The van der Waals surface area contributed by atoms with Crippen molar-refractivity contribution in [3.05, 3.63) is 66.0 Å². The second-order valence-corrected chi connectivity index (χ2v) is 7.53. The van der Waals surface area contributed by atoms with E-state index in [4.69, 9.17) is 9.47 Å². The van der Waals surface area contributed by atoms with Crippen LogP contribution in [-0.4, -0.2) is 39.6 Å². The number of carbonyl (C=O) groups is 1. The third-order valence-electron chi connectivity index (χ3n) is 4.81. The number of amides is 1. The molecule has 3 heterocycles. The lowest BCUT2D eigenvalue weighted by Gasteiger charge is -2.29. The van der Waals surface area contributed by atoms with Crippen molar-refractivity contribution in [3.8, 4) is 22.6 Å². The van der Waals surface area contributed by atoms with Crippen LogP contribution >= 0.6 is 0 Å². The highest BCUT2D eigenvalue weighted by atomic mass is 16.5. The molecule has 0 fully saturated rings. The van der Waals surface area contributed by atoms with E-state index in [1.54, 1.807) is 36.9 Å². The minimum atomic E-state index is -0.176. The first kappa shape index (κ1) is 19.8. The van der Waals surface area contributed by atoms with E-state index in [1.807, 2.05) is 32.9 Å². The second-order valence-electron chi connectivity index (χ2n) is 7.53. The number of carbonyl (C=O) groups excluding carboxylic acids is 1. The molecule has 1 aromatic carbocycles. The van der Waals surface area contributed by atoms with Gasteiger partial charge in [-0.1, -0.05) is 0 Å². The van der Waals surface area contributed by atoms with E-state index in [0.29, 0.717) is 24.4 Å². The van der Waals surface area contributed by atoms with E-state index in [-0.39, 0.29) is 18.1 Å². The summed E-state index contributed by atoms with van der Waals surface area (Å²) in [5, 5.41) is 3.05. The van der Waals surface area contributed by atoms with Gasteiger partial charge >= 0.3 is 0 Å². The van der Waals surface area contributed by atoms with Gasteiger partial charge in [-0.2, -0.15) is 0 Å². The Balaban J connectivity index is 1.67. The minimum absolute atomic E-state index is 0.0127. The van der Waals surface area contributed by atoms with Crippen LogP contribution in [0.4, 0.5) is 0 Å². The molecule has 0 unspecified atom stereocenters. The predicted octanol–water partition coefficient (Wildman–Crippen LogP) is 3.37. The third-order valence-corrected chi connectivity index (χ3v) is 4.81. The molecule has 7 nitrogen and oxygen atoms in total. The maximum Gasteiger partial charge on any atom is 0.253 e. The predicted molar refractivity (Wildman–Crippen MR) is 113 cm³/mol. The zero-order valence-corrected chi connectivity index (χ0v) is 17.3. The fourth-order valence-corrected chi connectivity index (χ4v) is 3.49. The monoisotopic (exact) mass is 404 g/mol. The van der Waals surface area contributed by atoms with E-state index in [0.717, 1.165) is 28.2 Å². The fourth-order valence-electron chi connectivity index (χ4n) is 3.49. The molecular weight excluding hydrogens is 380 g/mol. The summed E-state index contributed by atoms with van der Waals surface area (Å²) in [5.41, 5.74) is 3.26. The number of fused-ring (bicyclic) bond motifs is 1. The SMILES string of the molecule is Cc1ncc(-c2c(OC(C)C)ccc3c2C[C@H](NC(=O)c2cccnc2)CO3)cn1. The molecule has 3 aromatic rings. The first-order chi connectivity index (χ1) is 14.5. The van der Waals surface area contributed by atoms with Crippen molar-refractivity contribution in [3.63, 3.8) is 0 Å². The zero-order valence-electron chi connectivity index (χ0n) is 17.3. The molecule has 0 radical (unpaired) electrons. The van der Waals surface area contributed by atoms with Crippen LogP contribution < -0.4 is 14.8 Å². The molecule has 0 aliphatic carbocycles. The lowest BCUT2D eigenvalue weighted by Crippen LogP contribution is -2.43. The Hall–Kier alpha value is -3.48. The lowest BCUT2D eigenvalue weighted by atomic mass is 9.93. The van der Waals surface area contributed by atoms with Crippen molar-refractivity contribution in [2.45, 2.75) is 39.3 Å². The van der Waals surface area contributed by atoms with E-state index >= 15 is 0 Å². The van der Waals surface area contributed by atoms with Gasteiger partial charge in [0.15, 0.2) is 0 Å². The quantitative estimate of drug-likeness (QED) is 0.702. The molecule has 0 saturated heterocycles. The van der Waals surface area contributed by atoms with Crippen molar-refractivity contribution < 1.29 is 14.3 Å². The van der Waals surface area contributed by atoms with Gasteiger partial charge in [0, 0.05) is 47.9 Å². The minimum Gasteiger partial charge on any atom is -0.491 e. The average Bonchev–Trinajstić information content (AvgIpc) is 2.74. The van der Waals surface area contributed by atoms with Crippen molar-refractivity contribution in [1.29, 1.82) is 0 Å². The molecule has 30 heavy (non-hydrogen) atoms. The normalized spacial score (nSPS) is 15.3. The number of pyridine rings is 1. The van der Waals surface area contributed by atoms with Crippen LogP contribution in [0.3, 0.4) is 0 Å². The highest BCUT2D eigenvalue weighted by Crippen LogP contribution is 2.41. The van der Waals surface area contributed by atoms with E-state index in [1.165, 1.54) is 0 Å². The van der Waals surface area contributed by atoms with Gasteiger partial charge in [0.1, 0.15) is 23.9 Å². The van der Waals surface area contributed by atoms with Gasteiger partial charge in [0.05, 0.1) is 17.7 Å². The number of hydrogen-bond acceptors (Lipinski definition) is 6. The van der Waals surface area contributed by atoms with Crippen molar-refractivity contribution in [1.82, 2.24) is 20.3 Å². The van der Waals surface area contributed by atoms with Gasteiger partial charge < -0.3 is 14.8 Å². The zero-order chi connectivity index (χ0) is 21.1. The molecule has 154 valence electrons. The maximum absolute atomic E-state index is 12.6. The van der Waals surface area contributed by atoms with Crippen LogP contribution in [0.25, 0.3) is 11.1 Å². The molecule has 7 heteroatoms. The van der Waals surface area contributed by atoms with Gasteiger partial charge in [-0.15, -0.1) is 0 Å².